The Labute approximate surface area is 193 Å². The zero-order chi connectivity index (χ0) is 23.8. The highest BCUT2D eigenvalue weighted by Crippen LogP contribution is 2.35. The fraction of sp³-hybridized carbons (Fsp3) is 0.800. The number of rotatable bonds is 4. The van der Waals surface area contributed by atoms with Crippen LogP contribution in [0.5, 0.6) is 0 Å². The second-order valence-corrected chi connectivity index (χ2v) is 8.23. The van der Waals surface area contributed by atoms with Crippen molar-refractivity contribution in [2.24, 2.45) is 17.8 Å². The average Bonchev–Trinajstić information content (AvgIpc) is 3.67. The van der Waals surface area contributed by atoms with Crippen molar-refractivity contribution >= 4 is 0 Å². The van der Waals surface area contributed by atoms with Gasteiger partial charge in [-0.25, -0.2) is 0 Å². The van der Waals surface area contributed by atoms with E-state index in [4.69, 9.17) is 0 Å². The van der Waals surface area contributed by atoms with Crippen LogP contribution in [-0.2, 0) is 6.42 Å². The van der Waals surface area contributed by atoms with Gasteiger partial charge in [0.25, 0.3) is 0 Å². The maximum Gasteiger partial charge on any atom is -0.0281 e. The summed E-state index contributed by atoms with van der Waals surface area (Å²) >= 11 is 0. The highest BCUT2D eigenvalue weighted by molar-refractivity contribution is 5.21. The van der Waals surface area contributed by atoms with Crippen molar-refractivity contribution < 1.29 is 0 Å². The summed E-state index contributed by atoms with van der Waals surface area (Å²) in [5.74, 6) is 3.15. The number of hydrogen-bond donors (Lipinski definition) is 0. The van der Waals surface area contributed by atoms with E-state index in [1.165, 1.54) is 75.3 Å². The van der Waals surface area contributed by atoms with E-state index in [0.717, 1.165) is 17.8 Å². The van der Waals surface area contributed by atoms with E-state index >= 15 is 0 Å². The Bertz CT molecular complexity index is 391. The Morgan fingerprint density at radius 2 is 1.20 bits per heavy atom. The summed E-state index contributed by atoms with van der Waals surface area (Å²) in [6, 6.07) is 8.76. The van der Waals surface area contributed by atoms with Crippen LogP contribution < -0.4 is 0 Å². The van der Waals surface area contributed by atoms with E-state index in [1.807, 2.05) is 41.5 Å². The van der Waals surface area contributed by atoms with Gasteiger partial charge in [0.15, 0.2) is 0 Å². The van der Waals surface area contributed by atoms with Crippen molar-refractivity contribution in [3.63, 3.8) is 0 Å². The number of benzene rings is 1. The molecule has 30 heavy (non-hydrogen) atoms. The lowest BCUT2D eigenvalue weighted by Crippen LogP contribution is -2.03. The molecule has 180 valence electrons. The first-order valence-corrected chi connectivity index (χ1v) is 13.6. The molecule has 2 aliphatic rings. The van der Waals surface area contributed by atoms with Crippen molar-refractivity contribution in [3.05, 3.63) is 35.4 Å². The smallest absolute Gasteiger partial charge is 0.0281 e. The topological polar surface area (TPSA) is 0 Å². The molecule has 0 saturated heterocycles. The highest BCUT2D eigenvalue weighted by atomic mass is 14.3. The van der Waals surface area contributed by atoms with Crippen molar-refractivity contribution in [1.82, 2.24) is 0 Å². The molecule has 2 aliphatic carbocycles. The van der Waals surface area contributed by atoms with Gasteiger partial charge in [-0.2, -0.15) is 0 Å². The van der Waals surface area contributed by atoms with Crippen LogP contribution in [-0.4, -0.2) is 0 Å². The molecule has 3 rings (SSSR count). The first kappa shape index (κ1) is 33.8. The normalized spacial score (nSPS) is 14.7. The van der Waals surface area contributed by atoms with Crippen LogP contribution in [0.25, 0.3) is 0 Å². The molecule has 0 heterocycles. The van der Waals surface area contributed by atoms with Gasteiger partial charge in [-0.3, -0.25) is 0 Å². The zero-order valence-corrected chi connectivity index (χ0v) is 23.1. The fourth-order valence-electron chi connectivity index (χ4n) is 3.40. The third-order valence-corrected chi connectivity index (χ3v) is 5.53. The largest absolute Gasteiger partial charge is 0.0683 e. The fourth-order valence-corrected chi connectivity index (χ4v) is 3.40. The molecule has 0 bridgehead atoms. The maximum atomic E-state index is 2.32. The van der Waals surface area contributed by atoms with Gasteiger partial charge in [0.05, 0.1) is 0 Å². The molecule has 1 aromatic rings. The Hall–Kier alpha value is -0.780. The van der Waals surface area contributed by atoms with Gasteiger partial charge in [-0.1, -0.05) is 144 Å². The molecular formula is C30H60. The van der Waals surface area contributed by atoms with Crippen LogP contribution in [0.3, 0.4) is 0 Å². The van der Waals surface area contributed by atoms with Gasteiger partial charge >= 0.3 is 0 Å². The Kier molecular flexibility index (Phi) is 29.6. The van der Waals surface area contributed by atoms with Gasteiger partial charge in [0, 0.05) is 0 Å². The minimum Gasteiger partial charge on any atom is -0.0683 e. The van der Waals surface area contributed by atoms with Crippen LogP contribution in [0.4, 0.5) is 0 Å². The predicted octanol–water partition coefficient (Wildman–Crippen LogP) is 11.1. The highest BCUT2D eigenvalue weighted by Gasteiger charge is 2.23. The molecule has 0 spiro atoms. The van der Waals surface area contributed by atoms with Gasteiger partial charge in [-0.15, -0.1) is 0 Å². The molecule has 0 aromatic heterocycles. The lowest BCUT2D eigenvalue weighted by atomic mass is 9.88. The molecule has 0 radical (unpaired) electrons. The summed E-state index contributed by atoms with van der Waals surface area (Å²) < 4.78 is 0. The predicted molar refractivity (Wildman–Crippen MR) is 144 cm³/mol. The van der Waals surface area contributed by atoms with E-state index in [9.17, 15) is 0 Å². The van der Waals surface area contributed by atoms with Crippen LogP contribution in [0.15, 0.2) is 24.3 Å². The van der Waals surface area contributed by atoms with Crippen molar-refractivity contribution in [3.8, 4) is 0 Å². The first-order chi connectivity index (χ1) is 14.6. The van der Waals surface area contributed by atoms with Gasteiger partial charge in [0.2, 0.25) is 0 Å². The van der Waals surface area contributed by atoms with Crippen molar-refractivity contribution in [2.75, 3.05) is 0 Å². The van der Waals surface area contributed by atoms with E-state index in [1.54, 1.807) is 0 Å². The molecule has 0 aliphatic heterocycles. The van der Waals surface area contributed by atoms with Gasteiger partial charge in [0.1, 0.15) is 0 Å². The van der Waals surface area contributed by atoms with Crippen LogP contribution in [0.2, 0.25) is 0 Å². The molecular weight excluding hydrogens is 360 g/mol. The maximum absolute atomic E-state index is 2.32. The molecule has 0 unspecified atom stereocenters. The van der Waals surface area contributed by atoms with E-state index < -0.39 is 0 Å². The standard InChI is InChI=1S/C10H14.C8H16.C6H12.3C2H6/c1-3-4-10-7-5-9(2)6-8-10;1-2-8-6-4-3-5-7-8;1-5(2)6-3-4-6;3*1-2/h5-8H,3-4H2,1-2H3;8H,2-7H2,1H3;5-6H,3-4H2,1-2H3;3*1-2H3. The van der Waals surface area contributed by atoms with Crippen LogP contribution >= 0.6 is 0 Å². The number of hydrogen-bond acceptors (Lipinski definition) is 0. The first-order valence-electron chi connectivity index (χ1n) is 13.6. The molecule has 2 saturated carbocycles. The second-order valence-electron chi connectivity index (χ2n) is 8.23. The monoisotopic (exact) mass is 420 g/mol. The van der Waals surface area contributed by atoms with Crippen molar-refractivity contribution in [1.29, 1.82) is 0 Å². The minimum atomic E-state index is 0.963. The summed E-state index contributed by atoms with van der Waals surface area (Å²) in [5.41, 5.74) is 2.80. The van der Waals surface area contributed by atoms with Gasteiger partial charge < -0.3 is 0 Å². The molecule has 1 aromatic carbocycles. The van der Waals surface area contributed by atoms with Gasteiger partial charge in [-0.05, 0) is 49.5 Å². The van der Waals surface area contributed by atoms with E-state index in [-0.39, 0.29) is 0 Å². The third-order valence-electron chi connectivity index (χ3n) is 5.53. The van der Waals surface area contributed by atoms with E-state index in [2.05, 4.69) is 58.9 Å². The molecule has 0 N–H and O–H groups in total. The summed E-state index contributed by atoms with van der Waals surface area (Å²) in [6.07, 6.45) is 14.4. The molecule has 0 nitrogen and oxygen atoms in total. The molecule has 0 heteroatoms. The average molecular weight is 421 g/mol. The van der Waals surface area contributed by atoms with Crippen LogP contribution in [0.1, 0.15) is 138 Å². The van der Waals surface area contributed by atoms with Crippen molar-refractivity contribution in [2.45, 2.75) is 140 Å². The lowest BCUT2D eigenvalue weighted by molar-refractivity contribution is 0.349. The second kappa shape index (κ2) is 26.3. The summed E-state index contributed by atoms with van der Waals surface area (Å²) in [5, 5.41) is 0. The number of aryl methyl sites for hydroxylation is 2. The zero-order valence-electron chi connectivity index (χ0n) is 23.1. The van der Waals surface area contributed by atoms with Crippen LogP contribution in [0, 0.1) is 24.7 Å². The molecule has 2 fully saturated rings. The van der Waals surface area contributed by atoms with E-state index in [0.29, 0.717) is 0 Å². The Morgan fingerprint density at radius 1 is 0.733 bits per heavy atom. The lowest BCUT2D eigenvalue weighted by Gasteiger charge is -2.18. The Morgan fingerprint density at radius 3 is 1.47 bits per heavy atom. The summed E-state index contributed by atoms with van der Waals surface area (Å²) in [7, 11) is 0. The Balaban J connectivity index is -0.000000330. The summed E-state index contributed by atoms with van der Waals surface area (Å²) in [6.45, 7) is 23.3. The minimum absolute atomic E-state index is 0.963. The quantitative estimate of drug-likeness (QED) is 0.454. The third kappa shape index (κ3) is 21.9. The summed E-state index contributed by atoms with van der Waals surface area (Å²) in [4.78, 5) is 0. The SMILES string of the molecule is CC.CC.CC.CC(C)C1CC1.CCC1CCCCC1.CCCc1ccc(C)cc1. The molecule has 0 amide bonds. The molecule has 0 atom stereocenters.